The molecule has 0 saturated carbocycles. The van der Waals surface area contributed by atoms with Crippen LogP contribution in [0.4, 0.5) is 11.4 Å². The lowest BCUT2D eigenvalue weighted by molar-refractivity contribution is -0.114. The molecule has 0 fully saturated rings. The third-order valence-corrected chi connectivity index (χ3v) is 3.93. The monoisotopic (exact) mass is 318 g/mol. The van der Waals surface area contributed by atoms with Gasteiger partial charge in [-0.2, -0.15) is 5.10 Å². The highest BCUT2D eigenvalue weighted by Gasteiger charge is 2.26. The van der Waals surface area contributed by atoms with E-state index in [0.717, 1.165) is 22.0 Å². The number of nitrogens with zero attached hydrogens (tertiary/aromatic N) is 1. The zero-order valence-electron chi connectivity index (χ0n) is 12.9. The van der Waals surface area contributed by atoms with Crippen molar-refractivity contribution in [2.45, 2.75) is 6.92 Å². The van der Waals surface area contributed by atoms with Crippen LogP contribution in [0.3, 0.4) is 0 Å². The van der Waals surface area contributed by atoms with Crippen molar-refractivity contribution >= 4 is 45.7 Å². The summed E-state index contributed by atoms with van der Waals surface area (Å²) in [6, 6.07) is 11.3. The van der Waals surface area contributed by atoms with Crippen molar-refractivity contribution in [2.75, 3.05) is 10.6 Å². The minimum Gasteiger partial charge on any atom is -0.325 e. The lowest BCUT2D eigenvalue weighted by Crippen LogP contribution is -2.09. The van der Waals surface area contributed by atoms with E-state index < -0.39 is 0 Å². The molecule has 6 heteroatoms. The van der Waals surface area contributed by atoms with Gasteiger partial charge in [0.1, 0.15) is 0 Å². The molecule has 0 saturated heterocycles. The molecule has 3 N–H and O–H groups in total. The molecule has 1 aliphatic heterocycles. The molecule has 0 aliphatic carbocycles. The highest BCUT2D eigenvalue weighted by molar-refractivity contribution is 6.36. The van der Waals surface area contributed by atoms with Gasteiger partial charge in [0.05, 0.1) is 23.1 Å². The lowest BCUT2D eigenvalue weighted by Gasteiger charge is -2.07. The molecule has 0 atom stereocenters. The SMILES string of the molecule is CC(=O)Nc1cccc2c1NC(=O)/C2=C/c1ccc2cn[nH]c2c1. The van der Waals surface area contributed by atoms with Crippen LogP contribution in [0.2, 0.25) is 0 Å². The van der Waals surface area contributed by atoms with E-state index in [1.807, 2.05) is 36.4 Å². The van der Waals surface area contributed by atoms with Crippen molar-refractivity contribution in [1.29, 1.82) is 0 Å². The van der Waals surface area contributed by atoms with E-state index in [-0.39, 0.29) is 11.8 Å². The number of hydrogen-bond donors (Lipinski definition) is 3. The number of carbonyl (C=O) groups is 2. The van der Waals surface area contributed by atoms with Crippen molar-refractivity contribution in [3.05, 3.63) is 53.7 Å². The molecule has 0 spiro atoms. The van der Waals surface area contributed by atoms with Crippen LogP contribution in [-0.2, 0) is 9.59 Å². The molecule has 2 amide bonds. The maximum atomic E-state index is 12.4. The highest BCUT2D eigenvalue weighted by Crippen LogP contribution is 2.38. The Labute approximate surface area is 137 Å². The molecule has 1 aromatic heterocycles. The van der Waals surface area contributed by atoms with Crippen molar-refractivity contribution in [1.82, 2.24) is 10.2 Å². The molecule has 1 aliphatic rings. The molecule has 3 aromatic rings. The van der Waals surface area contributed by atoms with Crippen molar-refractivity contribution < 1.29 is 9.59 Å². The summed E-state index contributed by atoms with van der Waals surface area (Å²) < 4.78 is 0. The normalized spacial score (nSPS) is 14.7. The number of nitrogens with one attached hydrogen (secondary N) is 3. The fourth-order valence-electron chi connectivity index (χ4n) is 2.86. The predicted molar refractivity (Wildman–Crippen MR) is 93.3 cm³/mol. The van der Waals surface area contributed by atoms with Gasteiger partial charge in [-0.25, -0.2) is 0 Å². The minimum atomic E-state index is -0.187. The highest BCUT2D eigenvalue weighted by atomic mass is 16.2. The summed E-state index contributed by atoms with van der Waals surface area (Å²) in [4.78, 5) is 23.7. The van der Waals surface area contributed by atoms with Crippen LogP contribution in [0, 0.1) is 0 Å². The van der Waals surface area contributed by atoms with E-state index in [1.54, 1.807) is 12.3 Å². The molecule has 2 aromatic carbocycles. The third kappa shape index (κ3) is 2.34. The second-order valence-corrected chi connectivity index (χ2v) is 5.64. The molecular formula is C18H14N4O2. The van der Waals surface area contributed by atoms with Crippen LogP contribution in [0.1, 0.15) is 18.1 Å². The van der Waals surface area contributed by atoms with Gasteiger partial charge in [-0.3, -0.25) is 14.7 Å². The van der Waals surface area contributed by atoms with Gasteiger partial charge in [-0.05, 0) is 23.8 Å². The summed E-state index contributed by atoms with van der Waals surface area (Å²) in [7, 11) is 0. The van der Waals surface area contributed by atoms with Crippen LogP contribution in [0.5, 0.6) is 0 Å². The van der Waals surface area contributed by atoms with Gasteiger partial charge in [-0.15, -0.1) is 0 Å². The molecular weight excluding hydrogens is 304 g/mol. The second kappa shape index (κ2) is 5.34. The zero-order valence-corrected chi connectivity index (χ0v) is 12.9. The predicted octanol–water partition coefficient (Wildman–Crippen LogP) is 3.01. The standard InChI is InChI=1S/C18H14N4O2/c1-10(23)20-15-4-2-3-13-14(18(24)21-17(13)15)7-11-5-6-12-9-19-22-16(12)8-11/h2-9H,1H3,(H,19,22)(H,20,23)(H,21,24)/b14-7+. The summed E-state index contributed by atoms with van der Waals surface area (Å²) >= 11 is 0. The number of aromatic amines is 1. The van der Waals surface area contributed by atoms with Gasteiger partial charge in [0.2, 0.25) is 5.91 Å². The van der Waals surface area contributed by atoms with E-state index in [4.69, 9.17) is 0 Å². The Bertz CT molecular complexity index is 1020. The van der Waals surface area contributed by atoms with Crippen LogP contribution in [0.15, 0.2) is 42.6 Å². The van der Waals surface area contributed by atoms with Gasteiger partial charge in [0.15, 0.2) is 0 Å². The van der Waals surface area contributed by atoms with E-state index in [2.05, 4.69) is 20.8 Å². The lowest BCUT2D eigenvalue weighted by atomic mass is 10.0. The molecule has 0 bridgehead atoms. The topological polar surface area (TPSA) is 86.9 Å². The van der Waals surface area contributed by atoms with Crippen LogP contribution in [-0.4, -0.2) is 22.0 Å². The Balaban J connectivity index is 1.80. The maximum Gasteiger partial charge on any atom is 0.256 e. The number of rotatable bonds is 2. The number of amides is 2. The number of anilines is 2. The maximum absolute atomic E-state index is 12.4. The second-order valence-electron chi connectivity index (χ2n) is 5.64. The first kappa shape index (κ1) is 14.2. The first-order valence-corrected chi connectivity index (χ1v) is 7.49. The van der Waals surface area contributed by atoms with Crippen molar-refractivity contribution in [3.63, 3.8) is 0 Å². The largest absolute Gasteiger partial charge is 0.325 e. The molecule has 0 unspecified atom stereocenters. The van der Waals surface area contributed by atoms with Gasteiger partial charge in [0, 0.05) is 23.4 Å². The number of para-hydroxylation sites is 1. The van der Waals surface area contributed by atoms with Crippen LogP contribution < -0.4 is 10.6 Å². The molecule has 2 heterocycles. The average molecular weight is 318 g/mol. The summed E-state index contributed by atoms with van der Waals surface area (Å²) in [5.41, 5.74) is 4.38. The van der Waals surface area contributed by atoms with E-state index >= 15 is 0 Å². The summed E-state index contributed by atoms with van der Waals surface area (Å²) in [5.74, 6) is -0.368. The Hall–Kier alpha value is -3.41. The third-order valence-electron chi connectivity index (χ3n) is 3.93. The molecule has 6 nitrogen and oxygen atoms in total. The Morgan fingerprint density at radius 1 is 1.25 bits per heavy atom. The molecule has 4 rings (SSSR count). The van der Waals surface area contributed by atoms with Gasteiger partial charge >= 0.3 is 0 Å². The van der Waals surface area contributed by atoms with E-state index in [0.29, 0.717) is 16.9 Å². The minimum absolute atomic E-state index is 0.181. The van der Waals surface area contributed by atoms with Gasteiger partial charge in [-0.1, -0.05) is 24.3 Å². The van der Waals surface area contributed by atoms with Crippen LogP contribution in [0.25, 0.3) is 22.6 Å². The Morgan fingerprint density at radius 3 is 2.96 bits per heavy atom. The van der Waals surface area contributed by atoms with E-state index in [9.17, 15) is 9.59 Å². The van der Waals surface area contributed by atoms with Crippen molar-refractivity contribution in [2.24, 2.45) is 0 Å². The average Bonchev–Trinajstić information content (AvgIpc) is 3.13. The Morgan fingerprint density at radius 2 is 2.12 bits per heavy atom. The fourth-order valence-corrected chi connectivity index (χ4v) is 2.86. The first-order valence-electron chi connectivity index (χ1n) is 7.49. The van der Waals surface area contributed by atoms with E-state index in [1.165, 1.54) is 6.92 Å². The van der Waals surface area contributed by atoms with Gasteiger partial charge in [0.25, 0.3) is 5.91 Å². The van der Waals surface area contributed by atoms with Crippen LogP contribution >= 0.6 is 0 Å². The smallest absolute Gasteiger partial charge is 0.256 e. The fraction of sp³-hybridized carbons (Fsp3) is 0.0556. The van der Waals surface area contributed by atoms with Gasteiger partial charge < -0.3 is 10.6 Å². The molecule has 24 heavy (non-hydrogen) atoms. The summed E-state index contributed by atoms with van der Waals surface area (Å²) in [6.45, 7) is 1.44. The molecule has 118 valence electrons. The number of carbonyl (C=O) groups excluding carboxylic acids is 2. The Kier molecular flexibility index (Phi) is 3.16. The summed E-state index contributed by atoms with van der Waals surface area (Å²) in [5, 5.41) is 13.5. The number of fused-ring (bicyclic) bond motifs is 2. The quantitative estimate of drug-likeness (QED) is 0.635. The molecule has 0 radical (unpaired) electrons. The number of aromatic nitrogens is 2. The van der Waals surface area contributed by atoms with Crippen molar-refractivity contribution in [3.8, 4) is 0 Å². The number of H-pyrrole nitrogens is 1. The summed E-state index contributed by atoms with van der Waals surface area (Å²) in [6.07, 6.45) is 3.59. The number of benzene rings is 2. The first-order chi connectivity index (χ1) is 11.6. The number of hydrogen-bond acceptors (Lipinski definition) is 3. The zero-order chi connectivity index (χ0) is 16.7.